The normalized spacial score (nSPS) is 10.2. The smallest absolute Gasteiger partial charge is 0.257 e. The third kappa shape index (κ3) is 3.07. The van der Waals surface area contributed by atoms with Gasteiger partial charge in [-0.25, -0.2) is 10.8 Å². The summed E-state index contributed by atoms with van der Waals surface area (Å²) in [6.07, 6.45) is 1.42. The van der Waals surface area contributed by atoms with Crippen LogP contribution < -0.4 is 16.6 Å². The summed E-state index contributed by atoms with van der Waals surface area (Å²) in [6.45, 7) is 3.90. The second-order valence-corrected chi connectivity index (χ2v) is 4.88. The maximum Gasteiger partial charge on any atom is 0.257 e. The average molecular weight is 291 g/mol. The van der Waals surface area contributed by atoms with Crippen LogP contribution in [0.25, 0.3) is 0 Å². The molecule has 0 aliphatic heterocycles. The number of aromatic nitrogens is 1. The van der Waals surface area contributed by atoms with Gasteiger partial charge in [0.15, 0.2) is 5.82 Å². The molecule has 1 aromatic heterocycles. The van der Waals surface area contributed by atoms with E-state index in [1.807, 2.05) is 32.0 Å². The number of nitrogens with one attached hydrogen (secondary N) is 2. The molecule has 2 rings (SSSR count). The molecule has 0 saturated heterocycles. The molecule has 0 spiro atoms. The Morgan fingerprint density at radius 2 is 2.05 bits per heavy atom. The van der Waals surface area contributed by atoms with Crippen molar-refractivity contribution in [3.05, 3.63) is 52.2 Å². The monoisotopic (exact) mass is 290 g/mol. The van der Waals surface area contributed by atoms with Crippen LogP contribution in [0.4, 0.5) is 11.5 Å². The number of amides is 1. The SMILES string of the molecule is Cc1ccc(C)c(NC(=O)c2cnc(NN)c(Cl)c2)c1. The van der Waals surface area contributed by atoms with Gasteiger partial charge in [-0.05, 0) is 37.1 Å². The fraction of sp³-hybridized carbons (Fsp3) is 0.143. The van der Waals surface area contributed by atoms with Crippen molar-refractivity contribution in [1.29, 1.82) is 0 Å². The Kier molecular flexibility index (Phi) is 4.22. The summed E-state index contributed by atoms with van der Waals surface area (Å²) in [5.74, 6) is 5.30. The fourth-order valence-electron chi connectivity index (χ4n) is 1.73. The maximum absolute atomic E-state index is 12.2. The Labute approximate surface area is 122 Å². The number of pyridine rings is 1. The lowest BCUT2D eigenvalue weighted by Gasteiger charge is -2.10. The second-order valence-electron chi connectivity index (χ2n) is 4.47. The number of hydrogen-bond donors (Lipinski definition) is 3. The van der Waals surface area contributed by atoms with E-state index < -0.39 is 0 Å². The van der Waals surface area contributed by atoms with Crippen LogP contribution >= 0.6 is 11.6 Å². The van der Waals surface area contributed by atoms with Crippen molar-refractivity contribution < 1.29 is 4.79 Å². The average Bonchev–Trinajstić information content (AvgIpc) is 2.42. The number of nitrogens with zero attached hydrogens (tertiary/aromatic N) is 1. The van der Waals surface area contributed by atoms with E-state index in [2.05, 4.69) is 15.7 Å². The van der Waals surface area contributed by atoms with Crippen LogP contribution in [0.1, 0.15) is 21.5 Å². The van der Waals surface area contributed by atoms with Gasteiger partial charge in [-0.1, -0.05) is 23.7 Å². The van der Waals surface area contributed by atoms with Gasteiger partial charge in [0.05, 0.1) is 10.6 Å². The lowest BCUT2D eigenvalue weighted by atomic mass is 10.1. The molecule has 0 saturated carbocycles. The summed E-state index contributed by atoms with van der Waals surface area (Å²) in [5, 5.41) is 3.14. The molecule has 1 amide bonds. The molecule has 0 aliphatic carbocycles. The Morgan fingerprint density at radius 1 is 1.30 bits per heavy atom. The van der Waals surface area contributed by atoms with E-state index in [1.165, 1.54) is 12.3 Å². The number of hydrazine groups is 1. The molecule has 4 N–H and O–H groups in total. The van der Waals surface area contributed by atoms with Gasteiger partial charge in [0.1, 0.15) is 0 Å². The van der Waals surface area contributed by atoms with E-state index in [4.69, 9.17) is 17.4 Å². The fourth-order valence-corrected chi connectivity index (χ4v) is 1.95. The number of halogens is 1. The summed E-state index contributed by atoms with van der Waals surface area (Å²) >= 11 is 5.95. The van der Waals surface area contributed by atoms with Crippen molar-refractivity contribution >= 4 is 29.0 Å². The van der Waals surface area contributed by atoms with Crippen LogP contribution in [0.15, 0.2) is 30.5 Å². The van der Waals surface area contributed by atoms with Crippen LogP contribution in [-0.4, -0.2) is 10.9 Å². The van der Waals surface area contributed by atoms with E-state index in [0.29, 0.717) is 16.4 Å². The number of carbonyl (C=O) groups excluding carboxylic acids is 1. The zero-order valence-corrected chi connectivity index (χ0v) is 12.0. The summed E-state index contributed by atoms with van der Waals surface area (Å²) < 4.78 is 0. The minimum absolute atomic E-state index is 0.267. The summed E-state index contributed by atoms with van der Waals surface area (Å²) in [6, 6.07) is 7.38. The first-order chi connectivity index (χ1) is 9.51. The molecule has 6 heteroatoms. The molecule has 5 nitrogen and oxygen atoms in total. The molecule has 0 radical (unpaired) electrons. The molecule has 1 aromatic carbocycles. The Balaban J connectivity index is 2.24. The van der Waals surface area contributed by atoms with E-state index in [-0.39, 0.29) is 5.91 Å². The zero-order valence-electron chi connectivity index (χ0n) is 11.2. The highest BCUT2D eigenvalue weighted by Gasteiger charge is 2.11. The van der Waals surface area contributed by atoms with E-state index in [0.717, 1.165) is 16.8 Å². The summed E-state index contributed by atoms with van der Waals surface area (Å²) in [7, 11) is 0. The number of anilines is 2. The minimum atomic E-state index is -0.267. The number of nitrogen functional groups attached to an aromatic ring is 1. The molecular formula is C14H15ClN4O. The van der Waals surface area contributed by atoms with Crippen LogP contribution in [0.2, 0.25) is 5.02 Å². The number of aryl methyl sites for hydroxylation is 2. The Bertz CT molecular complexity index is 658. The quantitative estimate of drug-likeness (QED) is 0.600. The molecule has 2 aromatic rings. The van der Waals surface area contributed by atoms with E-state index in [9.17, 15) is 4.79 Å². The van der Waals surface area contributed by atoms with Crippen molar-refractivity contribution in [2.24, 2.45) is 5.84 Å². The summed E-state index contributed by atoms with van der Waals surface area (Å²) in [5.41, 5.74) is 5.56. The number of hydrogen-bond acceptors (Lipinski definition) is 4. The highest BCUT2D eigenvalue weighted by atomic mass is 35.5. The highest BCUT2D eigenvalue weighted by Crippen LogP contribution is 2.21. The maximum atomic E-state index is 12.2. The minimum Gasteiger partial charge on any atom is -0.322 e. The van der Waals surface area contributed by atoms with Gasteiger partial charge in [-0.15, -0.1) is 0 Å². The van der Waals surface area contributed by atoms with Gasteiger partial charge < -0.3 is 10.7 Å². The van der Waals surface area contributed by atoms with Crippen molar-refractivity contribution in [1.82, 2.24) is 4.98 Å². The molecule has 0 fully saturated rings. The van der Waals surface area contributed by atoms with Crippen molar-refractivity contribution in [2.75, 3.05) is 10.7 Å². The van der Waals surface area contributed by atoms with Gasteiger partial charge in [0, 0.05) is 11.9 Å². The predicted octanol–water partition coefficient (Wildman–Crippen LogP) is 2.89. The largest absolute Gasteiger partial charge is 0.322 e. The summed E-state index contributed by atoms with van der Waals surface area (Å²) in [4.78, 5) is 16.1. The molecule has 1 heterocycles. The van der Waals surface area contributed by atoms with Gasteiger partial charge in [-0.3, -0.25) is 4.79 Å². The van der Waals surface area contributed by atoms with E-state index >= 15 is 0 Å². The number of nitrogens with two attached hydrogens (primary N) is 1. The van der Waals surface area contributed by atoms with Crippen LogP contribution in [0, 0.1) is 13.8 Å². The molecule has 0 aliphatic rings. The lowest BCUT2D eigenvalue weighted by Crippen LogP contribution is -2.15. The van der Waals surface area contributed by atoms with Crippen LogP contribution in [0.5, 0.6) is 0 Å². The van der Waals surface area contributed by atoms with Gasteiger partial charge >= 0.3 is 0 Å². The topological polar surface area (TPSA) is 80.0 Å². The molecule has 104 valence electrons. The highest BCUT2D eigenvalue weighted by molar-refractivity contribution is 6.33. The van der Waals surface area contributed by atoms with Crippen LogP contribution in [0.3, 0.4) is 0 Å². The number of rotatable bonds is 3. The van der Waals surface area contributed by atoms with Crippen molar-refractivity contribution in [3.63, 3.8) is 0 Å². The number of benzene rings is 1. The molecular weight excluding hydrogens is 276 g/mol. The third-order valence-electron chi connectivity index (χ3n) is 2.88. The van der Waals surface area contributed by atoms with Gasteiger partial charge in [0.25, 0.3) is 5.91 Å². The van der Waals surface area contributed by atoms with Crippen molar-refractivity contribution in [3.8, 4) is 0 Å². The lowest BCUT2D eigenvalue weighted by molar-refractivity contribution is 0.102. The predicted molar refractivity (Wildman–Crippen MR) is 80.9 cm³/mol. The van der Waals surface area contributed by atoms with Crippen molar-refractivity contribution in [2.45, 2.75) is 13.8 Å². The van der Waals surface area contributed by atoms with Gasteiger partial charge in [0.2, 0.25) is 0 Å². The first-order valence-corrected chi connectivity index (χ1v) is 6.40. The zero-order chi connectivity index (χ0) is 14.7. The molecule has 20 heavy (non-hydrogen) atoms. The van der Waals surface area contributed by atoms with Crippen LogP contribution in [-0.2, 0) is 0 Å². The number of carbonyl (C=O) groups is 1. The molecule has 0 unspecified atom stereocenters. The first-order valence-electron chi connectivity index (χ1n) is 6.02. The second kappa shape index (κ2) is 5.90. The third-order valence-corrected chi connectivity index (χ3v) is 3.17. The Morgan fingerprint density at radius 3 is 2.70 bits per heavy atom. The standard InChI is InChI=1S/C14H15ClN4O/c1-8-3-4-9(2)12(5-8)18-14(20)10-6-11(15)13(19-16)17-7-10/h3-7H,16H2,1-2H3,(H,17,19)(H,18,20). The van der Waals surface area contributed by atoms with Gasteiger partial charge in [-0.2, -0.15) is 0 Å². The first kappa shape index (κ1) is 14.3. The molecule has 0 atom stereocenters. The Hall–Kier alpha value is -2.11. The van der Waals surface area contributed by atoms with E-state index in [1.54, 1.807) is 0 Å². The molecule has 0 bridgehead atoms.